The van der Waals surface area contributed by atoms with E-state index in [9.17, 15) is 4.79 Å². The molecule has 100 valence electrons. The van der Waals surface area contributed by atoms with Gasteiger partial charge in [0.25, 0.3) is 0 Å². The van der Waals surface area contributed by atoms with Crippen LogP contribution in [0, 0.1) is 107 Å². The number of carbonyl (C=O) groups excluding carboxylic acids is 1. The van der Waals surface area contributed by atoms with E-state index in [0.29, 0.717) is 0 Å². The molecule has 0 bridgehead atoms. The van der Waals surface area contributed by atoms with E-state index in [1.54, 1.807) is 0 Å². The molecule has 0 unspecified atom stereocenters. The van der Waals surface area contributed by atoms with Crippen molar-refractivity contribution >= 4 is 5.97 Å². The van der Waals surface area contributed by atoms with Gasteiger partial charge in [-0.1, -0.05) is 6.58 Å². The summed E-state index contributed by atoms with van der Waals surface area (Å²) < 4.78 is 4.36. The third-order valence-corrected chi connectivity index (χ3v) is 1.32. The van der Waals surface area contributed by atoms with Gasteiger partial charge in [0.1, 0.15) is 6.11 Å². The summed E-state index contributed by atoms with van der Waals surface area (Å²) in [5.41, 5.74) is 0. The first-order valence-electron chi connectivity index (χ1n) is 5.60. The Labute approximate surface area is 136 Å². The zero-order valence-corrected chi connectivity index (χ0v) is 11.7. The highest BCUT2D eigenvalue weighted by atomic mass is 16.5. The van der Waals surface area contributed by atoms with E-state index < -0.39 is 5.97 Å². The quantitative estimate of drug-likeness (QED) is 0.395. The summed E-state index contributed by atoms with van der Waals surface area (Å²) in [6.07, 6.45) is 7.95. The van der Waals surface area contributed by atoms with Gasteiger partial charge < -0.3 is 4.74 Å². The summed E-state index contributed by atoms with van der Waals surface area (Å²) in [4.78, 5) is 10.6. The van der Waals surface area contributed by atoms with Crippen LogP contribution in [0.25, 0.3) is 0 Å². The highest BCUT2D eigenvalue weighted by molar-refractivity contribution is 5.82. The molecular weight excluding hydrogens is 284 g/mol. The average molecular weight is 288 g/mol. The van der Waals surface area contributed by atoms with Crippen LogP contribution in [0.2, 0.25) is 0 Å². The molecule has 0 aromatic rings. The van der Waals surface area contributed by atoms with Crippen molar-refractivity contribution in [2.24, 2.45) is 0 Å². The maximum absolute atomic E-state index is 10.6. The molecule has 0 rings (SSSR count). The zero-order valence-electron chi connectivity index (χ0n) is 11.7. The molecule has 0 aliphatic heterocycles. The Morgan fingerprint density at radius 3 is 1.39 bits per heavy atom. The fraction of sp³-hybridized carbons (Fsp3) is 0. The lowest BCUT2D eigenvalue weighted by Crippen LogP contribution is -1.91. The van der Waals surface area contributed by atoms with Gasteiger partial charge in [0.05, 0.1) is 0 Å². The Bertz CT molecular complexity index is 1020. The van der Waals surface area contributed by atoms with Gasteiger partial charge in [0.2, 0.25) is 0 Å². The smallest absolute Gasteiger partial charge is 0.344 e. The molecule has 0 heterocycles. The van der Waals surface area contributed by atoms with Crippen molar-refractivity contribution in [3.63, 3.8) is 0 Å². The lowest BCUT2D eigenvalue weighted by molar-refractivity contribution is -0.131. The van der Waals surface area contributed by atoms with Crippen molar-refractivity contribution in [1.82, 2.24) is 0 Å². The van der Waals surface area contributed by atoms with Crippen molar-refractivity contribution < 1.29 is 9.53 Å². The number of esters is 1. The molecule has 0 radical (unpaired) electrons. The fourth-order valence-corrected chi connectivity index (χ4v) is 0.585. The molecule has 0 N–H and O–H groups in total. The molecule has 0 fully saturated rings. The van der Waals surface area contributed by atoms with E-state index in [1.807, 2.05) is 0 Å². The molecule has 0 aliphatic carbocycles. The standard InChI is InChI=1S/C21H4O2/c1-3-5-6-7-8-9-10-11-12-13-14-15-16-17-18-19-20-23-21(22)4-2/h1,4H,2H2. The topological polar surface area (TPSA) is 26.3 Å². The predicted octanol–water partition coefficient (Wildman–Crippen LogP) is 0.334. The number of rotatable bonds is 1. The molecule has 0 aromatic carbocycles. The van der Waals surface area contributed by atoms with Gasteiger partial charge in [0.15, 0.2) is 0 Å². The van der Waals surface area contributed by atoms with Crippen molar-refractivity contribution in [2.75, 3.05) is 0 Å². The van der Waals surface area contributed by atoms with Crippen LogP contribution in [0.5, 0.6) is 0 Å². The van der Waals surface area contributed by atoms with Gasteiger partial charge in [-0.3, -0.25) is 0 Å². The largest absolute Gasteiger partial charge is 0.368 e. The predicted molar refractivity (Wildman–Crippen MR) is 87.3 cm³/mol. The Balaban J connectivity index is 4.33. The van der Waals surface area contributed by atoms with Gasteiger partial charge >= 0.3 is 5.97 Å². The minimum absolute atomic E-state index is 0.649. The molecule has 0 amide bonds. The maximum Gasteiger partial charge on any atom is 0.344 e. The number of hydrogen-bond acceptors (Lipinski definition) is 2. The van der Waals surface area contributed by atoms with Crippen LogP contribution in [0.4, 0.5) is 0 Å². The van der Waals surface area contributed by atoms with Gasteiger partial charge in [0, 0.05) is 53.4 Å². The molecule has 0 saturated heterocycles. The Kier molecular flexibility index (Phi) is 12.1. The number of terminal acetylenes is 1. The fourth-order valence-electron chi connectivity index (χ4n) is 0.585. The van der Waals surface area contributed by atoms with Crippen LogP contribution >= 0.6 is 0 Å². The van der Waals surface area contributed by atoms with E-state index in [-0.39, 0.29) is 0 Å². The average Bonchev–Trinajstić information content (AvgIpc) is 2.57. The minimum Gasteiger partial charge on any atom is -0.368 e. The molecule has 0 aromatic heterocycles. The summed E-state index contributed by atoms with van der Waals surface area (Å²) in [7, 11) is 0. The molecule has 23 heavy (non-hydrogen) atoms. The van der Waals surface area contributed by atoms with Crippen LogP contribution in [0.15, 0.2) is 12.7 Å². The van der Waals surface area contributed by atoms with Crippen molar-refractivity contribution in [3.8, 4) is 107 Å². The third kappa shape index (κ3) is 15.2. The third-order valence-electron chi connectivity index (χ3n) is 1.32. The van der Waals surface area contributed by atoms with E-state index in [1.165, 1.54) is 0 Å². The second-order valence-corrected chi connectivity index (χ2v) is 2.75. The van der Waals surface area contributed by atoms with Crippen molar-refractivity contribution in [1.29, 1.82) is 0 Å². The van der Waals surface area contributed by atoms with Crippen LogP contribution in [-0.2, 0) is 9.53 Å². The highest BCUT2D eigenvalue weighted by Gasteiger charge is 1.86. The van der Waals surface area contributed by atoms with Crippen molar-refractivity contribution in [3.05, 3.63) is 12.7 Å². The van der Waals surface area contributed by atoms with Gasteiger partial charge in [-0.05, 0) is 47.4 Å². The monoisotopic (exact) mass is 288 g/mol. The van der Waals surface area contributed by atoms with E-state index in [0.717, 1.165) is 6.08 Å². The first-order valence-corrected chi connectivity index (χ1v) is 5.60. The molecule has 2 nitrogen and oxygen atoms in total. The van der Waals surface area contributed by atoms with Gasteiger partial charge in [-0.15, -0.1) is 6.42 Å². The van der Waals surface area contributed by atoms with Crippen LogP contribution in [0.1, 0.15) is 0 Å². The highest BCUT2D eigenvalue weighted by Crippen LogP contribution is 1.73. The first-order chi connectivity index (χ1) is 11.3. The molecule has 0 spiro atoms. The Morgan fingerprint density at radius 1 is 0.696 bits per heavy atom. The zero-order chi connectivity index (χ0) is 17.0. The maximum atomic E-state index is 10.6. The summed E-state index contributed by atoms with van der Waals surface area (Å²) in [5.74, 6) is 37.6. The van der Waals surface area contributed by atoms with Gasteiger partial charge in [-0.25, -0.2) is 4.79 Å². The minimum atomic E-state index is -0.649. The van der Waals surface area contributed by atoms with E-state index >= 15 is 0 Å². The molecule has 0 saturated carbocycles. The Morgan fingerprint density at radius 2 is 1.04 bits per heavy atom. The number of ether oxygens (including phenoxy) is 1. The second kappa shape index (κ2) is 15.3. The number of hydrogen-bond donors (Lipinski definition) is 0. The summed E-state index contributed by atoms with van der Waals surface area (Å²) in [6, 6.07) is 0. The Hall–Kier alpha value is -4.75. The van der Waals surface area contributed by atoms with Crippen molar-refractivity contribution in [2.45, 2.75) is 0 Å². The molecule has 2 heteroatoms. The lowest BCUT2D eigenvalue weighted by atomic mass is 10.5. The number of carbonyl (C=O) groups is 1. The normalized spacial score (nSPS) is 4.65. The summed E-state index contributed by atoms with van der Waals surface area (Å²) in [6.45, 7) is 3.20. The van der Waals surface area contributed by atoms with Crippen LogP contribution < -0.4 is 0 Å². The SMILES string of the molecule is C#CC#CC#CC#CC#CC#CC#CC#CC#COC(=O)C=C. The van der Waals surface area contributed by atoms with Gasteiger partial charge in [-0.2, -0.15) is 0 Å². The summed E-state index contributed by atoms with van der Waals surface area (Å²) >= 11 is 0. The van der Waals surface area contributed by atoms with E-state index in [2.05, 4.69) is 112 Å². The van der Waals surface area contributed by atoms with E-state index in [4.69, 9.17) is 6.42 Å². The molecule has 0 aliphatic rings. The van der Waals surface area contributed by atoms with Crippen LogP contribution in [-0.4, -0.2) is 5.97 Å². The second-order valence-electron chi connectivity index (χ2n) is 2.75. The first kappa shape index (κ1) is 18.2. The molecule has 0 atom stereocenters. The lowest BCUT2D eigenvalue weighted by Gasteiger charge is -1.81. The van der Waals surface area contributed by atoms with Crippen LogP contribution in [0.3, 0.4) is 0 Å². The summed E-state index contributed by atoms with van der Waals surface area (Å²) in [5, 5.41) is 0. The molecular formula is C21H4O2.